The first kappa shape index (κ1) is 16.3. The van der Waals surface area contributed by atoms with E-state index in [1.165, 1.54) is 10.1 Å². The molecule has 2 heterocycles. The third-order valence-electron chi connectivity index (χ3n) is 2.52. The Morgan fingerprint density at radius 3 is 2.82 bits per heavy atom. The summed E-state index contributed by atoms with van der Waals surface area (Å²) in [6.07, 6.45) is 4.85. The molecular formula is C12H14N4O4S2. The maximum absolute atomic E-state index is 11.8. The number of sulfonamides is 1. The highest BCUT2D eigenvalue weighted by Gasteiger charge is 2.16. The van der Waals surface area contributed by atoms with Gasteiger partial charge < -0.3 is 4.74 Å². The molecule has 2 aromatic rings. The molecule has 22 heavy (non-hydrogen) atoms. The van der Waals surface area contributed by atoms with Gasteiger partial charge in [-0.15, -0.1) is 11.3 Å². The van der Waals surface area contributed by atoms with Gasteiger partial charge in [-0.2, -0.15) is 5.10 Å². The Morgan fingerprint density at radius 1 is 1.50 bits per heavy atom. The van der Waals surface area contributed by atoms with Crippen molar-refractivity contribution in [2.24, 2.45) is 12.2 Å². The summed E-state index contributed by atoms with van der Waals surface area (Å²) < 4.78 is 28.7. The minimum Gasteiger partial charge on any atom is -0.461 e. The Hall–Kier alpha value is -2.04. The van der Waals surface area contributed by atoms with Gasteiger partial charge in [0.25, 0.3) is 10.0 Å². The number of nitrogens with two attached hydrogens (primary N) is 1. The van der Waals surface area contributed by atoms with Crippen LogP contribution in [0.3, 0.4) is 0 Å². The van der Waals surface area contributed by atoms with Gasteiger partial charge in [-0.05, 0) is 19.1 Å². The number of ether oxygens (including phenoxy) is 1. The first-order valence-corrected chi connectivity index (χ1v) is 8.61. The van der Waals surface area contributed by atoms with Crippen LogP contribution in [0.15, 0.2) is 16.6 Å². The predicted molar refractivity (Wildman–Crippen MR) is 81.6 cm³/mol. The van der Waals surface area contributed by atoms with Crippen LogP contribution >= 0.6 is 11.3 Å². The third-order valence-corrected chi connectivity index (χ3v) is 4.28. The molecule has 118 valence electrons. The van der Waals surface area contributed by atoms with Gasteiger partial charge in [0.1, 0.15) is 5.01 Å². The van der Waals surface area contributed by atoms with E-state index >= 15 is 0 Å². The number of thiazole rings is 1. The first-order valence-electron chi connectivity index (χ1n) is 6.18. The molecule has 0 unspecified atom stereocenters. The molecule has 2 N–H and O–H groups in total. The molecule has 0 aromatic carbocycles. The fraction of sp³-hybridized carbons (Fsp3) is 0.250. The molecule has 0 radical (unpaired) electrons. The quantitative estimate of drug-likeness (QED) is 0.806. The molecule has 2 aromatic heterocycles. The zero-order valence-corrected chi connectivity index (χ0v) is 13.5. The number of aryl methyl sites for hydroxylation is 1. The largest absolute Gasteiger partial charge is 0.461 e. The van der Waals surface area contributed by atoms with E-state index in [0.29, 0.717) is 10.6 Å². The van der Waals surface area contributed by atoms with Gasteiger partial charge in [0, 0.05) is 24.2 Å². The summed E-state index contributed by atoms with van der Waals surface area (Å²) >= 11 is 1.13. The monoisotopic (exact) mass is 342 g/mol. The van der Waals surface area contributed by atoms with Gasteiger partial charge >= 0.3 is 5.97 Å². The van der Waals surface area contributed by atoms with Gasteiger partial charge in [-0.3, -0.25) is 4.68 Å². The molecule has 0 spiro atoms. The average molecular weight is 342 g/mol. The van der Waals surface area contributed by atoms with Crippen LogP contribution in [0.2, 0.25) is 0 Å². The lowest BCUT2D eigenvalue weighted by atomic mass is 10.2. The van der Waals surface area contributed by atoms with Crippen molar-refractivity contribution in [2.45, 2.75) is 11.9 Å². The summed E-state index contributed by atoms with van der Waals surface area (Å²) in [5.74, 6) is -0.521. The molecule has 0 fully saturated rings. The Labute approximate surface area is 131 Å². The minimum atomic E-state index is -3.81. The zero-order valence-electron chi connectivity index (χ0n) is 11.9. The molecule has 10 heteroatoms. The summed E-state index contributed by atoms with van der Waals surface area (Å²) in [6, 6.07) is 0. The number of hydrogen-bond acceptors (Lipinski definition) is 7. The van der Waals surface area contributed by atoms with E-state index in [1.54, 1.807) is 32.3 Å². The summed E-state index contributed by atoms with van der Waals surface area (Å²) in [4.78, 5) is 15.7. The van der Waals surface area contributed by atoms with Crippen LogP contribution in [0, 0.1) is 0 Å². The van der Waals surface area contributed by atoms with Crippen molar-refractivity contribution in [3.05, 3.63) is 27.8 Å². The maximum Gasteiger partial charge on any atom is 0.359 e. The molecule has 0 amide bonds. The van der Waals surface area contributed by atoms with Crippen LogP contribution in [0.5, 0.6) is 0 Å². The van der Waals surface area contributed by atoms with Crippen molar-refractivity contribution in [2.75, 3.05) is 6.61 Å². The van der Waals surface area contributed by atoms with E-state index in [4.69, 9.17) is 9.88 Å². The van der Waals surface area contributed by atoms with Gasteiger partial charge in [0.15, 0.2) is 10.7 Å². The Kier molecular flexibility index (Phi) is 4.74. The smallest absolute Gasteiger partial charge is 0.359 e. The van der Waals surface area contributed by atoms with Gasteiger partial charge in [0.05, 0.1) is 6.61 Å². The number of aromatic nitrogens is 3. The molecule has 0 saturated carbocycles. The molecule has 0 aliphatic carbocycles. The van der Waals surface area contributed by atoms with Crippen molar-refractivity contribution >= 4 is 39.5 Å². The van der Waals surface area contributed by atoms with E-state index in [9.17, 15) is 13.2 Å². The summed E-state index contributed by atoms with van der Waals surface area (Å²) in [7, 11) is -2.13. The van der Waals surface area contributed by atoms with Crippen molar-refractivity contribution in [1.82, 2.24) is 14.8 Å². The van der Waals surface area contributed by atoms with Crippen LogP contribution in [0.4, 0.5) is 0 Å². The second kappa shape index (κ2) is 6.38. The Balaban J connectivity index is 2.27. The molecule has 0 bridgehead atoms. The van der Waals surface area contributed by atoms with E-state index in [0.717, 1.165) is 11.3 Å². The third kappa shape index (κ3) is 3.78. The maximum atomic E-state index is 11.8. The lowest BCUT2D eigenvalue weighted by Crippen LogP contribution is -2.12. The molecule has 0 atom stereocenters. The number of hydrogen-bond donors (Lipinski definition) is 1. The number of primary sulfonamides is 1. The van der Waals surface area contributed by atoms with Crippen LogP contribution in [0.1, 0.15) is 28.0 Å². The highest BCUT2D eigenvalue weighted by atomic mass is 32.2. The number of nitrogens with zero attached hydrogens (tertiary/aromatic N) is 3. The molecule has 2 rings (SSSR count). The fourth-order valence-corrected chi connectivity index (χ4v) is 3.16. The van der Waals surface area contributed by atoms with Crippen LogP contribution in [0.25, 0.3) is 12.2 Å². The van der Waals surface area contributed by atoms with E-state index in [-0.39, 0.29) is 17.3 Å². The summed E-state index contributed by atoms with van der Waals surface area (Å²) in [5, 5.41) is 10.7. The zero-order chi connectivity index (χ0) is 16.3. The second-order valence-electron chi connectivity index (χ2n) is 4.23. The number of carbonyl (C=O) groups is 1. The predicted octanol–water partition coefficient (Wildman–Crippen LogP) is 0.871. The summed E-state index contributed by atoms with van der Waals surface area (Å²) in [5.41, 5.74) is 0.733. The molecule has 0 saturated heterocycles. The SMILES string of the molecule is CCOC(=O)c1nn(C)cc1C=Cc1nc(S(N)(=O)=O)cs1. The fourth-order valence-electron chi connectivity index (χ4n) is 1.63. The van der Waals surface area contributed by atoms with Crippen molar-refractivity contribution < 1.29 is 17.9 Å². The van der Waals surface area contributed by atoms with Gasteiger partial charge in [0.2, 0.25) is 0 Å². The van der Waals surface area contributed by atoms with E-state index in [2.05, 4.69) is 10.1 Å². The van der Waals surface area contributed by atoms with Crippen molar-refractivity contribution in [3.63, 3.8) is 0 Å². The minimum absolute atomic E-state index is 0.184. The molecular weight excluding hydrogens is 328 g/mol. The Morgan fingerprint density at radius 2 is 2.23 bits per heavy atom. The standard InChI is InChI=1S/C12H14N4O4S2/c1-3-20-12(17)11-8(6-16(2)15-11)4-5-9-14-10(7-21-9)22(13,18)19/h4-7H,3H2,1-2H3,(H2,13,18,19). The Bertz CT molecular complexity index is 820. The van der Waals surface area contributed by atoms with Crippen molar-refractivity contribution in [3.8, 4) is 0 Å². The van der Waals surface area contributed by atoms with Gasteiger partial charge in [-0.1, -0.05) is 0 Å². The number of esters is 1. The highest BCUT2D eigenvalue weighted by molar-refractivity contribution is 7.89. The highest BCUT2D eigenvalue weighted by Crippen LogP contribution is 2.17. The van der Waals surface area contributed by atoms with Crippen LogP contribution < -0.4 is 5.14 Å². The van der Waals surface area contributed by atoms with E-state index < -0.39 is 16.0 Å². The number of carbonyl (C=O) groups excluding carboxylic acids is 1. The first-order chi connectivity index (χ1) is 10.3. The second-order valence-corrected chi connectivity index (χ2v) is 6.63. The lowest BCUT2D eigenvalue weighted by molar-refractivity contribution is 0.0518. The lowest BCUT2D eigenvalue weighted by Gasteiger charge is -1.98. The van der Waals surface area contributed by atoms with Crippen LogP contribution in [-0.2, 0) is 21.8 Å². The topological polar surface area (TPSA) is 117 Å². The average Bonchev–Trinajstić information content (AvgIpc) is 3.02. The van der Waals surface area contributed by atoms with Gasteiger partial charge in [-0.25, -0.2) is 23.3 Å². The number of rotatable bonds is 5. The molecule has 8 nitrogen and oxygen atoms in total. The van der Waals surface area contributed by atoms with Crippen LogP contribution in [-0.4, -0.2) is 35.8 Å². The molecule has 0 aliphatic rings. The summed E-state index contributed by atoms with van der Waals surface area (Å²) in [6.45, 7) is 1.96. The molecule has 0 aliphatic heterocycles. The van der Waals surface area contributed by atoms with Crippen molar-refractivity contribution in [1.29, 1.82) is 0 Å². The normalized spacial score (nSPS) is 12.0. The van der Waals surface area contributed by atoms with E-state index in [1.807, 2.05) is 0 Å².